The summed E-state index contributed by atoms with van der Waals surface area (Å²) in [5, 5.41) is 0. The number of carbonyl (C=O) groups is 1. The maximum atomic E-state index is 12.3. The lowest BCUT2D eigenvalue weighted by molar-refractivity contribution is -0.132. The first-order valence-corrected chi connectivity index (χ1v) is 7.49. The van der Waals surface area contributed by atoms with Gasteiger partial charge in [0.1, 0.15) is 5.75 Å². The zero-order chi connectivity index (χ0) is 13.8. The first-order chi connectivity index (χ1) is 9.10. The van der Waals surface area contributed by atoms with Gasteiger partial charge in [0.2, 0.25) is 5.91 Å². The van der Waals surface area contributed by atoms with Crippen molar-refractivity contribution in [3.8, 4) is 5.75 Å². The number of benzene rings is 1. The van der Waals surface area contributed by atoms with Crippen molar-refractivity contribution in [2.45, 2.75) is 26.2 Å². The molecule has 1 atom stereocenters. The van der Waals surface area contributed by atoms with E-state index in [1.54, 1.807) is 7.11 Å². The number of halogens is 1. The molecule has 1 aromatic carbocycles. The second kappa shape index (κ2) is 6.42. The summed E-state index contributed by atoms with van der Waals surface area (Å²) in [6.07, 6.45) is 2.75. The zero-order valence-electron chi connectivity index (χ0n) is 11.5. The minimum absolute atomic E-state index is 0.197. The van der Waals surface area contributed by atoms with Crippen LogP contribution in [0.25, 0.3) is 0 Å². The van der Waals surface area contributed by atoms with Gasteiger partial charge >= 0.3 is 0 Å². The minimum Gasteiger partial charge on any atom is -0.496 e. The molecule has 1 aliphatic heterocycles. The Morgan fingerprint density at radius 3 is 3.00 bits per heavy atom. The summed E-state index contributed by atoms with van der Waals surface area (Å²) in [5.41, 5.74) is 0.945. The van der Waals surface area contributed by atoms with E-state index in [-0.39, 0.29) is 5.91 Å². The third-order valence-corrected chi connectivity index (χ3v) is 4.09. The van der Waals surface area contributed by atoms with Crippen molar-refractivity contribution in [2.24, 2.45) is 5.92 Å². The van der Waals surface area contributed by atoms with Gasteiger partial charge < -0.3 is 9.64 Å². The van der Waals surface area contributed by atoms with Gasteiger partial charge in [-0.25, -0.2) is 0 Å². The van der Waals surface area contributed by atoms with E-state index in [4.69, 9.17) is 4.74 Å². The van der Waals surface area contributed by atoms with Crippen LogP contribution in [0.15, 0.2) is 22.7 Å². The van der Waals surface area contributed by atoms with Crippen molar-refractivity contribution < 1.29 is 9.53 Å². The largest absolute Gasteiger partial charge is 0.496 e. The van der Waals surface area contributed by atoms with E-state index >= 15 is 0 Å². The third kappa shape index (κ3) is 3.72. The number of nitrogens with zero attached hydrogens (tertiary/aromatic N) is 1. The maximum absolute atomic E-state index is 12.3. The smallest absolute Gasteiger partial charge is 0.227 e. The van der Waals surface area contributed by atoms with Crippen LogP contribution in [-0.4, -0.2) is 31.0 Å². The molecule has 1 saturated heterocycles. The highest BCUT2D eigenvalue weighted by Gasteiger charge is 2.21. The average molecular weight is 326 g/mol. The molecule has 4 heteroatoms. The van der Waals surface area contributed by atoms with Gasteiger partial charge in [-0.2, -0.15) is 0 Å². The summed E-state index contributed by atoms with van der Waals surface area (Å²) in [4.78, 5) is 14.3. The summed E-state index contributed by atoms with van der Waals surface area (Å²) in [6, 6.07) is 5.78. The Hall–Kier alpha value is -1.03. The van der Waals surface area contributed by atoms with Gasteiger partial charge in [-0.3, -0.25) is 4.79 Å². The Balaban J connectivity index is 2.07. The lowest BCUT2D eigenvalue weighted by Crippen LogP contribution is -2.39. The lowest BCUT2D eigenvalue weighted by atomic mass is 9.99. The van der Waals surface area contributed by atoms with Crippen LogP contribution < -0.4 is 4.74 Å². The summed E-state index contributed by atoms with van der Waals surface area (Å²) in [5.74, 6) is 1.59. The van der Waals surface area contributed by atoms with E-state index < -0.39 is 0 Å². The molecular weight excluding hydrogens is 306 g/mol. The van der Waals surface area contributed by atoms with Gasteiger partial charge in [0.05, 0.1) is 13.5 Å². The molecule has 0 bridgehead atoms. The highest BCUT2D eigenvalue weighted by atomic mass is 79.9. The van der Waals surface area contributed by atoms with Gasteiger partial charge in [-0.05, 0) is 37.0 Å². The van der Waals surface area contributed by atoms with Gasteiger partial charge in [0.25, 0.3) is 0 Å². The molecule has 0 radical (unpaired) electrons. The molecule has 104 valence electrons. The molecule has 1 aliphatic rings. The van der Waals surface area contributed by atoms with E-state index in [1.165, 1.54) is 6.42 Å². The number of hydrogen-bond acceptors (Lipinski definition) is 2. The number of amides is 1. The number of carbonyl (C=O) groups excluding carboxylic acids is 1. The normalized spacial score (nSPS) is 19.3. The van der Waals surface area contributed by atoms with Crippen LogP contribution in [0.5, 0.6) is 5.75 Å². The van der Waals surface area contributed by atoms with Crippen LogP contribution in [0, 0.1) is 5.92 Å². The van der Waals surface area contributed by atoms with E-state index in [0.29, 0.717) is 12.3 Å². The molecule has 0 saturated carbocycles. The van der Waals surface area contributed by atoms with Gasteiger partial charge in [-0.15, -0.1) is 0 Å². The topological polar surface area (TPSA) is 29.5 Å². The van der Waals surface area contributed by atoms with E-state index in [9.17, 15) is 4.79 Å². The van der Waals surface area contributed by atoms with Crippen molar-refractivity contribution in [3.05, 3.63) is 28.2 Å². The molecular formula is C15H20BrNO2. The number of piperidine rings is 1. The van der Waals surface area contributed by atoms with Crippen LogP contribution in [-0.2, 0) is 11.2 Å². The second-order valence-electron chi connectivity index (χ2n) is 5.22. The van der Waals surface area contributed by atoms with Crippen LogP contribution in [0.4, 0.5) is 0 Å². The maximum Gasteiger partial charge on any atom is 0.227 e. The van der Waals surface area contributed by atoms with Gasteiger partial charge in [-0.1, -0.05) is 22.9 Å². The Bertz CT molecular complexity index is 461. The van der Waals surface area contributed by atoms with Crippen molar-refractivity contribution in [2.75, 3.05) is 20.2 Å². The minimum atomic E-state index is 0.197. The molecule has 1 amide bonds. The average Bonchev–Trinajstić information content (AvgIpc) is 2.39. The molecule has 1 fully saturated rings. The lowest BCUT2D eigenvalue weighted by Gasteiger charge is -2.31. The monoisotopic (exact) mass is 325 g/mol. The van der Waals surface area contributed by atoms with Crippen LogP contribution in [0.2, 0.25) is 0 Å². The Morgan fingerprint density at radius 1 is 1.53 bits per heavy atom. The molecule has 19 heavy (non-hydrogen) atoms. The first-order valence-electron chi connectivity index (χ1n) is 6.70. The van der Waals surface area contributed by atoms with E-state index in [2.05, 4.69) is 22.9 Å². The second-order valence-corrected chi connectivity index (χ2v) is 6.14. The van der Waals surface area contributed by atoms with Crippen LogP contribution >= 0.6 is 15.9 Å². The molecule has 0 aromatic heterocycles. The summed E-state index contributed by atoms with van der Waals surface area (Å²) in [6.45, 7) is 3.98. The highest BCUT2D eigenvalue weighted by Crippen LogP contribution is 2.24. The first kappa shape index (κ1) is 14.4. The Morgan fingerprint density at radius 2 is 2.32 bits per heavy atom. The van der Waals surface area contributed by atoms with Gasteiger partial charge in [0, 0.05) is 23.1 Å². The summed E-state index contributed by atoms with van der Waals surface area (Å²) in [7, 11) is 1.64. The number of rotatable bonds is 3. The fraction of sp³-hybridized carbons (Fsp3) is 0.533. The molecule has 1 unspecified atom stereocenters. The van der Waals surface area contributed by atoms with E-state index in [0.717, 1.165) is 35.3 Å². The number of hydrogen-bond donors (Lipinski definition) is 0. The van der Waals surface area contributed by atoms with Gasteiger partial charge in [0.15, 0.2) is 0 Å². The van der Waals surface area contributed by atoms with E-state index in [1.807, 2.05) is 23.1 Å². The van der Waals surface area contributed by atoms with Crippen molar-refractivity contribution in [1.29, 1.82) is 0 Å². The Kier molecular flexibility index (Phi) is 4.86. The molecule has 2 rings (SSSR count). The Labute approximate surface area is 123 Å². The molecule has 0 spiro atoms. The van der Waals surface area contributed by atoms with Crippen molar-refractivity contribution in [1.82, 2.24) is 4.90 Å². The number of ether oxygens (including phenoxy) is 1. The molecule has 3 nitrogen and oxygen atoms in total. The summed E-state index contributed by atoms with van der Waals surface area (Å²) < 4.78 is 6.29. The fourth-order valence-electron chi connectivity index (χ4n) is 2.58. The molecule has 0 N–H and O–H groups in total. The van der Waals surface area contributed by atoms with Crippen LogP contribution in [0.3, 0.4) is 0 Å². The number of methoxy groups -OCH3 is 1. The van der Waals surface area contributed by atoms with Crippen LogP contribution in [0.1, 0.15) is 25.3 Å². The fourth-order valence-corrected chi connectivity index (χ4v) is 2.98. The zero-order valence-corrected chi connectivity index (χ0v) is 13.1. The highest BCUT2D eigenvalue weighted by molar-refractivity contribution is 9.10. The quantitative estimate of drug-likeness (QED) is 0.853. The predicted molar refractivity (Wildman–Crippen MR) is 79.4 cm³/mol. The molecule has 0 aliphatic carbocycles. The standard InChI is InChI=1S/C15H20BrNO2/c1-11-4-3-7-17(10-11)15(18)9-12-8-13(16)5-6-14(12)19-2/h5-6,8,11H,3-4,7,9-10H2,1-2H3. The third-order valence-electron chi connectivity index (χ3n) is 3.59. The molecule has 1 heterocycles. The molecule has 1 aromatic rings. The number of likely N-dealkylation sites (tertiary alicyclic amines) is 1. The SMILES string of the molecule is COc1ccc(Br)cc1CC(=O)N1CCCC(C)C1. The van der Waals surface area contributed by atoms with Crippen molar-refractivity contribution >= 4 is 21.8 Å². The van der Waals surface area contributed by atoms with Crippen molar-refractivity contribution in [3.63, 3.8) is 0 Å². The summed E-state index contributed by atoms with van der Waals surface area (Å²) >= 11 is 3.44. The predicted octanol–water partition coefficient (Wildman–Crippen LogP) is 3.26.